The van der Waals surface area contributed by atoms with Crippen molar-refractivity contribution in [1.82, 2.24) is 14.9 Å². The highest BCUT2D eigenvalue weighted by Crippen LogP contribution is 2.20. The number of nitrogens with zero attached hydrogens (tertiary/aromatic N) is 2. The molecule has 0 unspecified atom stereocenters. The van der Waals surface area contributed by atoms with E-state index in [1.54, 1.807) is 0 Å². The van der Waals surface area contributed by atoms with E-state index in [1.807, 2.05) is 32.3 Å². The molecule has 16 heavy (non-hydrogen) atoms. The maximum absolute atomic E-state index is 5.98. The molecule has 0 saturated heterocycles. The van der Waals surface area contributed by atoms with E-state index in [9.17, 15) is 0 Å². The van der Waals surface area contributed by atoms with Gasteiger partial charge in [0.05, 0.1) is 11.0 Å². The van der Waals surface area contributed by atoms with E-state index in [-0.39, 0.29) is 0 Å². The van der Waals surface area contributed by atoms with Gasteiger partial charge in [-0.2, -0.15) is 0 Å². The summed E-state index contributed by atoms with van der Waals surface area (Å²) in [5.74, 6) is 1.12. The lowest BCUT2D eigenvalue weighted by molar-refractivity contribution is 0.685. The number of aryl methyl sites for hydroxylation is 2. The SMILES string of the molecule is CNCCCc1nc2ccc(Cl)cc2n1C. The largest absolute Gasteiger partial charge is 0.331 e. The Morgan fingerprint density at radius 1 is 1.44 bits per heavy atom. The van der Waals surface area contributed by atoms with Crippen LogP contribution in [0.25, 0.3) is 11.0 Å². The Balaban J connectivity index is 2.29. The molecule has 1 aromatic carbocycles. The number of hydrogen-bond acceptors (Lipinski definition) is 2. The molecule has 0 atom stereocenters. The van der Waals surface area contributed by atoms with Crippen LogP contribution in [0.1, 0.15) is 12.2 Å². The molecule has 0 fully saturated rings. The Hall–Kier alpha value is -1.06. The lowest BCUT2D eigenvalue weighted by atomic mass is 10.3. The predicted molar refractivity (Wildman–Crippen MR) is 68.0 cm³/mol. The minimum absolute atomic E-state index is 0.761. The van der Waals surface area contributed by atoms with Crippen LogP contribution in [0, 0.1) is 0 Å². The highest BCUT2D eigenvalue weighted by molar-refractivity contribution is 6.31. The van der Waals surface area contributed by atoms with E-state index in [2.05, 4.69) is 14.9 Å². The van der Waals surface area contributed by atoms with Crippen LogP contribution in [0.2, 0.25) is 5.02 Å². The Bertz CT molecular complexity index is 490. The number of aromatic nitrogens is 2. The van der Waals surface area contributed by atoms with E-state index in [0.29, 0.717) is 0 Å². The fraction of sp³-hybridized carbons (Fsp3) is 0.417. The van der Waals surface area contributed by atoms with E-state index in [0.717, 1.165) is 41.3 Å². The first-order chi connectivity index (χ1) is 7.72. The van der Waals surface area contributed by atoms with Gasteiger partial charge in [-0.3, -0.25) is 0 Å². The minimum Gasteiger partial charge on any atom is -0.331 e. The van der Waals surface area contributed by atoms with E-state index in [4.69, 9.17) is 11.6 Å². The Kier molecular flexibility index (Phi) is 3.46. The molecule has 1 aromatic heterocycles. The van der Waals surface area contributed by atoms with Crippen LogP contribution in [0.3, 0.4) is 0 Å². The van der Waals surface area contributed by atoms with Crippen molar-refractivity contribution in [2.45, 2.75) is 12.8 Å². The van der Waals surface area contributed by atoms with Crippen molar-refractivity contribution in [3.63, 3.8) is 0 Å². The standard InChI is InChI=1S/C12H16ClN3/c1-14-7-3-4-12-15-10-6-5-9(13)8-11(10)16(12)2/h5-6,8,14H,3-4,7H2,1-2H3. The van der Waals surface area contributed by atoms with Gasteiger partial charge in [0, 0.05) is 18.5 Å². The number of rotatable bonds is 4. The predicted octanol–water partition coefficient (Wildman–Crippen LogP) is 2.38. The summed E-state index contributed by atoms with van der Waals surface area (Å²) in [5, 5.41) is 3.90. The summed E-state index contributed by atoms with van der Waals surface area (Å²) in [6.45, 7) is 1.02. The van der Waals surface area contributed by atoms with Crippen molar-refractivity contribution < 1.29 is 0 Å². The zero-order valence-electron chi connectivity index (χ0n) is 9.63. The maximum atomic E-state index is 5.98. The molecule has 2 rings (SSSR count). The van der Waals surface area contributed by atoms with Gasteiger partial charge in [-0.15, -0.1) is 0 Å². The summed E-state index contributed by atoms with van der Waals surface area (Å²) < 4.78 is 2.12. The molecule has 1 N–H and O–H groups in total. The Labute approximate surface area is 100 Å². The molecule has 2 aromatic rings. The van der Waals surface area contributed by atoms with Gasteiger partial charge in [0.2, 0.25) is 0 Å². The van der Waals surface area contributed by atoms with Crippen LogP contribution >= 0.6 is 11.6 Å². The molecule has 4 heteroatoms. The number of hydrogen-bond donors (Lipinski definition) is 1. The molecule has 0 spiro atoms. The lowest BCUT2D eigenvalue weighted by Crippen LogP contribution is -2.09. The van der Waals surface area contributed by atoms with Gasteiger partial charge in [-0.05, 0) is 38.2 Å². The highest BCUT2D eigenvalue weighted by atomic mass is 35.5. The third kappa shape index (κ3) is 2.20. The van der Waals surface area contributed by atoms with E-state index in [1.165, 1.54) is 0 Å². The van der Waals surface area contributed by atoms with Gasteiger partial charge in [0.1, 0.15) is 5.82 Å². The first-order valence-corrected chi connectivity index (χ1v) is 5.85. The fourth-order valence-corrected chi connectivity index (χ4v) is 2.03. The normalized spacial score (nSPS) is 11.2. The third-order valence-corrected chi connectivity index (χ3v) is 3.00. The van der Waals surface area contributed by atoms with Gasteiger partial charge in [0.15, 0.2) is 0 Å². The van der Waals surface area contributed by atoms with Crippen molar-refractivity contribution in [2.75, 3.05) is 13.6 Å². The van der Waals surface area contributed by atoms with Gasteiger partial charge in [0.25, 0.3) is 0 Å². The van der Waals surface area contributed by atoms with E-state index >= 15 is 0 Å². The second-order valence-electron chi connectivity index (χ2n) is 3.93. The number of fused-ring (bicyclic) bond motifs is 1. The molecule has 1 heterocycles. The molecule has 0 saturated carbocycles. The second-order valence-corrected chi connectivity index (χ2v) is 4.36. The van der Waals surface area contributed by atoms with Crippen molar-refractivity contribution in [3.05, 3.63) is 29.0 Å². The topological polar surface area (TPSA) is 29.9 Å². The molecule has 0 aliphatic rings. The van der Waals surface area contributed by atoms with Crippen LogP contribution < -0.4 is 5.32 Å². The molecule has 0 aliphatic heterocycles. The maximum Gasteiger partial charge on any atom is 0.109 e. The molecule has 3 nitrogen and oxygen atoms in total. The van der Waals surface area contributed by atoms with Crippen LogP contribution in [-0.2, 0) is 13.5 Å². The molecule has 86 valence electrons. The van der Waals surface area contributed by atoms with Crippen LogP contribution in [0.5, 0.6) is 0 Å². The second kappa shape index (κ2) is 4.85. The average Bonchev–Trinajstić information content (AvgIpc) is 2.57. The van der Waals surface area contributed by atoms with Gasteiger partial charge >= 0.3 is 0 Å². The van der Waals surface area contributed by atoms with Gasteiger partial charge < -0.3 is 9.88 Å². The summed E-state index contributed by atoms with van der Waals surface area (Å²) >= 11 is 5.98. The molecule has 0 bridgehead atoms. The minimum atomic E-state index is 0.761. The van der Waals surface area contributed by atoms with Crippen LogP contribution in [0.15, 0.2) is 18.2 Å². The van der Waals surface area contributed by atoms with Gasteiger partial charge in [-0.25, -0.2) is 4.98 Å². The van der Waals surface area contributed by atoms with Crippen LogP contribution in [-0.4, -0.2) is 23.1 Å². The molecule has 0 amide bonds. The summed E-state index contributed by atoms with van der Waals surface area (Å²) in [6.07, 6.45) is 2.09. The number of halogens is 1. The molecular formula is C12H16ClN3. The average molecular weight is 238 g/mol. The fourth-order valence-electron chi connectivity index (χ4n) is 1.86. The van der Waals surface area contributed by atoms with Crippen LogP contribution in [0.4, 0.5) is 0 Å². The van der Waals surface area contributed by atoms with Crippen molar-refractivity contribution in [1.29, 1.82) is 0 Å². The number of benzene rings is 1. The first-order valence-electron chi connectivity index (χ1n) is 5.48. The summed E-state index contributed by atoms with van der Waals surface area (Å²) in [6, 6.07) is 5.82. The number of nitrogens with one attached hydrogen (secondary N) is 1. The molecule has 0 radical (unpaired) electrons. The monoisotopic (exact) mass is 237 g/mol. The first kappa shape index (κ1) is 11.4. The van der Waals surface area contributed by atoms with Crippen molar-refractivity contribution >= 4 is 22.6 Å². The smallest absolute Gasteiger partial charge is 0.109 e. The summed E-state index contributed by atoms with van der Waals surface area (Å²) in [7, 11) is 4.01. The van der Waals surface area contributed by atoms with Gasteiger partial charge in [-0.1, -0.05) is 11.6 Å². The Morgan fingerprint density at radius 2 is 2.25 bits per heavy atom. The zero-order valence-corrected chi connectivity index (χ0v) is 10.4. The summed E-state index contributed by atoms with van der Waals surface area (Å²) in [4.78, 5) is 4.60. The highest BCUT2D eigenvalue weighted by Gasteiger charge is 2.07. The molecule has 0 aliphatic carbocycles. The van der Waals surface area contributed by atoms with Crippen molar-refractivity contribution in [3.8, 4) is 0 Å². The molecular weight excluding hydrogens is 222 g/mol. The Morgan fingerprint density at radius 3 is 3.00 bits per heavy atom. The third-order valence-electron chi connectivity index (χ3n) is 2.76. The zero-order chi connectivity index (χ0) is 11.5. The summed E-state index contributed by atoms with van der Waals surface area (Å²) in [5.41, 5.74) is 2.12. The lowest BCUT2D eigenvalue weighted by Gasteiger charge is -2.01. The number of imidazole rings is 1. The van der Waals surface area contributed by atoms with Crippen molar-refractivity contribution in [2.24, 2.45) is 7.05 Å². The quantitative estimate of drug-likeness (QED) is 0.828. The van der Waals surface area contributed by atoms with E-state index < -0.39 is 0 Å².